The molecule has 2 heterocycles. The molecule has 48 heavy (non-hydrogen) atoms. The zero-order valence-corrected chi connectivity index (χ0v) is 29.2. The van der Waals surface area contributed by atoms with Crippen LogP contribution in [0.1, 0.15) is 52.2 Å². The van der Waals surface area contributed by atoms with Crippen LogP contribution in [0.3, 0.4) is 0 Å². The van der Waals surface area contributed by atoms with Crippen LogP contribution in [-0.2, 0) is 32.1 Å². The highest BCUT2D eigenvalue weighted by Gasteiger charge is 2.49. The summed E-state index contributed by atoms with van der Waals surface area (Å²) in [6, 6.07) is 16.4. The van der Waals surface area contributed by atoms with Crippen molar-refractivity contribution in [3.05, 3.63) is 71.8 Å². The lowest BCUT2D eigenvalue weighted by Crippen LogP contribution is -2.58. The molecule has 262 valence electrons. The Morgan fingerprint density at radius 2 is 1.60 bits per heavy atom. The Bertz CT molecular complexity index is 1410. The van der Waals surface area contributed by atoms with E-state index in [2.05, 4.69) is 26.6 Å². The van der Waals surface area contributed by atoms with Crippen LogP contribution in [0, 0.1) is 0 Å². The van der Waals surface area contributed by atoms with Gasteiger partial charge in [0.05, 0.1) is 30.0 Å². The monoisotopic (exact) mass is 682 g/mol. The van der Waals surface area contributed by atoms with Gasteiger partial charge >= 0.3 is 0 Å². The summed E-state index contributed by atoms with van der Waals surface area (Å²) in [5.41, 5.74) is 1.28. The molecule has 0 bridgehead atoms. The smallest absolute Gasteiger partial charge is 0.245 e. The van der Waals surface area contributed by atoms with Crippen LogP contribution in [0.15, 0.2) is 60.7 Å². The SMILES string of the molecule is CC(C)(C)NC(=O)[C@@H]1C[C@@H](O)CN1CC(O)CNC(=O)[C@@H]1N[C@@H](C(NC(=O)Cc2ccccc2)C(=O)NCc2ccccc2)SC1(C)C. The van der Waals surface area contributed by atoms with Gasteiger partial charge in [0.15, 0.2) is 0 Å². The highest BCUT2D eigenvalue weighted by molar-refractivity contribution is 8.01. The van der Waals surface area contributed by atoms with Crippen molar-refractivity contribution < 1.29 is 29.4 Å². The Hall–Kier alpha value is -3.49. The number of carbonyl (C=O) groups is 4. The Labute approximate surface area is 287 Å². The van der Waals surface area contributed by atoms with Crippen molar-refractivity contribution in [1.29, 1.82) is 0 Å². The molecule has 2 aromatic carbocycles. The number of rotatable bonds is 13. The van der Waals surface area contributed by atoms with Crippen LogP contribution in [0.5, 0.6) is 0 Å². The van der Waals surface area contributed by atoms with E-state index >= 15 is 0 Å². The topological polar surface area (TPSA) is 172 Å². The lowest BCUT2D eigenvalue weighted by molar-refractivity contribution is -0.129. The standard InChI is InChI=1S/C35H50N6O6S/c1-34(2,3)40-30(45)26-17-24(42)20-41(26)21-25(43)19-37-32(47)29-35(4,5)48-33(39-29)28(31(46)36-18-23-14-10-7-11-15-23)38-27(44)16-22-12-8-6-9-13-22/h6-15,24-26,28-29,33,39,42-43H,16-21H2,1-5H3,(H,36,46)(H,37,47)(H,38,44)(H,40,45)/t24-,25?,26+,28?,29+,33-/m1/s1. The van der Waals surface area contributed by atoms with E-state index in [1.165, 1.54) is 11.8 Å². The molecular weight excluding hydrogens is 632 g/mol. The fraction of sp³-hybridized carbons (Fsp3) is 0.543. The van der Waals surface area contributed by atoms with Gasteiger partial charge in [-0.3, -0.25) is 29.4 Å². The summed E-state index contributed by atoms with van der Waals surface area (Å²) in [6.45, 7) is 9.96. The average Bonchev–Trinajstić information content (AvgIpc) is 3.55. The molecule has 0 aromatic heterocycles. The number of amides is 4. The van der Waals surface area contributed by atoms with Gasteiger partial charge in [-0.05, 0) is 52.2 Å². The normalized spacial score (nSPS) is 23.6. The number of nitrogens with one attached hydrogen (secondary N) is 5. The molecule has 4 amide bonds. The van der Waals surface area contributed by atoms with Gasteiger partial charge in [-0.15, -0.1) is 11.8 Å². The van der Waals surface area contributed by atoms with Gasteiger partial charge in [0.25, 0.3) is 0 Å². The molecule has 7 N–H and O–H groups in total. The maximum Gasteiger partial charge on any atom is 0.245 e. The molecule has 13 heteroatoms. The summed E-state index contributed by atoms with van der Waals surface area (Å²) in [6.07, 6.45) is -1.32. The third-order valence-electron chi connectivity index (χ3n) is 8.28. The second kappa shape index (κ2) is 16.3. The zero-order chi connectivity index (χ0) is 35.1. The quantitative estimate of drug-likeness (QED) is 0.160. The number of likely N-dealkylation sites (tertiary alicyclic amines) is 1. The third kappa shape index (κ3) is 10.8. The fourth-order valence-corrected chi connectivity index (χ4v) is 7.49. The number of benzene rings is 2. The van der Waals surface area contributed by atoms with Crippen LogP contribution in [-0.4, -0.2) is 104 Å². The van der Waals surface area contributed by atoms with E-state index in [0.29, 0.717) is 0 Å². The van der Waals surface area contributed by atoms with Crippen molar-refractivity contribution in [2.24, 2.45) is 0 Å². The molecule has 2 saturated heterocycles. The minimum Gasteiger partial charge on any atom is -0.392 e. The van der Waals surface area contributed by atoms with Crippen LogP contribution < -0.4 is 26.6 Å². The van der Waals surface area contributed by atoms with Crippen LogP contribution in [0.4, 0.5) is 0 Å². The van der Waals surface area contributed by atoms with Gasteiger partial charge in [-0.2, -0.15) is 0 Å². The molecule has 6 atom stereocenters. The summed E-state index contributed by atoms with van der Waals surface area (Å²) in [5, 5.41) is 35.3. The van der Waals surface area contributed by atoms with E-state index in [9.17, 15) is 29.4 Å². The summed E-state index contributed by atoms with van der Waals surface area (Å²) < 4.78 is -0.670. The van der Waals surface area contributed by atoms with Crippen molar-refractivity contribution in [2.45, 2.75) is 100.0 Å². The first-order chi connectivity index (χ1) is 22.6. The number of aliphatic hydroxyl groups is 2. The Morgan fingerprint density at radius 1 is 0.979 bits per heavy atom. The molecule has 0 radical (unpaired) electrons. The largest absolute Gasteiger partial charge is 0.392 e. The fourth-order valence-electron chi connectivity index (χ4n) is 5.99. The second-order valence-corrected chi connectivity index (χ2v) is 15.9. The molecule has 0 spiro atoms. The molecule has 2 unspecified atom stereocenters. The van der Waals surface area contributed by atoms with Crippen molar-refractivity contribution in [3.63, 3.8) is 0 Å². The lowest BCUT2D eigenvalue weighted by Gasteiger charge is -2.29. The van der Waals surface area contributed by atoms with Gasteiger partial charge in [-0.1, -0.05) is 60.7 Å². The van der Waals surface area contributed by atoms with E-state index in [4.69, 9.17) is 0 Å². The van der Waals surface area contributed by atoms with E-state index < -0.39 is 46.0 Å². The minimum atomic E-state index is -0.995. The zero-order valence-electron chi connectivity index (χ0n) is 28.4. The van der Waals surface area contributed by atoms with Gasteiger partial charge in [0, 0.05) is 36.5 Å². The molecule has 4 rings (SSSR count). The number of carbonyl (C=O) groups excluding carboxylic acids is 4. The molecule has 0 saturated carbocycles. The molecule has 2 fully saturated rings. The third-order valence-corrected chi connectivity index (χ3v) is 9.78. The Kier molecular flexibility index (Phi) is 12.7. The number of nitrogens with zero attached hydrogens (tertiary/aromatic N) is 1. The first-order valence-electron chi connectivity index (χ1n) is 16.4. The van der Waals surface area contributed by atoms with Crippen molar-refractivity contribution >= 4 is 35.4 Å². The first kappa shape index (κ1) is 37.3. The van der Waals surface area contributed by atoms with Crippen molar-refractivity contribution in [1.82, 2.24) is 31.5 Å². The summed E-state index contributed by atoms with van der Waals surface area (Å²) in [5.74, 6) is -1.28. The maximum absolute atomic E-state index is 13.6. The average molecular weight is 683 g/mol. The lowest BCUT2D eigenvalue weighted by atomic mass is 10.0. The molecule has 2 aliphatic rings. The maximum atomic E-state index is 13.6. The summed E-state index contributed by atoms with van der Waals surface area (Å²) in [4.78, 5) is 54.8. The summed E-state index contributed by atoms with van der Waals surface area (Å²) >= 11 is 1.39. The number of aliphatic hydroxyl groups excluding tert-OH is 2. The summed E-state index contributed by atoms with van der Waals surface area (Å²) in [7, 11) is 0. The van der Waals surface area contributed by atoms with Gasteiger partial charge in [0.2, 0.25) is 23.6 Å². The number of hydrogen-bond donors (Lipinski definition) is 7. The Morgan fingerprint density at radius 3 is 2.23 bits per heavy atom. The second-order valence-electron chi connectivity index (χ2n) is 14.1. The predicted molar refractivity (Wildman–Crippen MR) is 186 cm³/mol. The van der Waals surface area contributed by atoms with Gasteiger partial charge < -0.3 is 31.5 Å². The van der Waals surface area contributed by atoms with Crippen LogP contribution in [0.25, 0.3) is 0 Å². The first-order valence-corrected chi connectivity index (χ1v) is 17.3. The highest BCUT2D eigenvalue weighted by atomic mass is 32.2. The molecule has 12 nitrogen and oxygen atoms in total. The van der Waals surface area contributed by atoms with E-state index in [-0.39, 0.29) is 62.6 Å². The Balaban J connectivity index is 1.38. The van der Waals surface area contributed by atoms with Gasteiger partial charge in [-0.25, -0.2) is 0 Å². The van der Waals surface area contributed by atoms with Crippen LogP contribution >= 0.6 is 11.8 Å². The van der Waals surface area contributed by atoms with Crippen molar-refractivity contribution in [3.8, 4) is 0 Å². The van der Waals surface area contributed by atoms with Crippen molar-refractivity contribution in [2.75, 3.05) is 19.6 Å². The van der Waals surface area contributed by atoms with E-state index in [0.717, 1.165) is 11.1 Å². The molecule has 0 aliphatic carbocycles. The highest BCUT2D eigenvalue weighted by Crippen LogP contribution is 2.39. The van der Waals surface area contributed by atoms with Crippen LogP contribution in [0.2, 0.25) is 0 Å². The predicted octanol–water partition coefficient (Wildman–Crippen LogP) is 0.667. The molecule has 2 aromatic rings. The number of β-amino-alcohol motifs (C(OH)–C–C–N with tert-alkyl or cyclic N) is 2. The number of hydrogen-bond acceptors (Lipinski definition) is 9. The minimum absolute atomic E-state index is 0.0720. The van der Waals surface area contributed by atoms with E-state index in [1.807, 2.05) is 95.3 Å². The molecular formula is C35H50N6O6S. The number of thioether (sulfide) groups is 1. The molecule has 2 aliphatic heterocycles. The van der Waals surface area contributed by atoms with E-state index in [1.54, 1.807) is 4.90 Å². The van der Waals surface area contributed by atoms with Gasteiger partial charge in [0.1, 0.15) is 12.1 Å².